The highest BCUT2D eigenvalue weighted by atomic mass is 19.1. The van der Waals surface area contributed by atoms with Crippen molar-refractivity contribution in [3.63, 3.8) is 0 Å². The Morgan fingerprint density at radius 1 is 1.25 bits per heavy atom. The molecule has 1 N–H and O–H groups in total. The lowest BCUT2D eigenvalue weighted by molar-refractivity contribution is 0.210. The quantitative estimate of drug-likeness (QED) is 0.759. The molecular weight excluding hydrogens is 207 g/mol. The monoisotopic (exact) mass is 220 g/mol. The highest BCUT2D eigenvalue weighted by molar-refractivity contribution is 5.74. The van der Waals surface area contributed by atoms with Gasteiger partial charge in [0.15, 0.2) is 0 Å². The van der Waals surface area contributed by atoms with Crippen molar-refractivity contribution in [3.05, 3.63) is 47.8 Å². The maximum Gasteiger partial charge on any atom is 0.318 e. The second kappa shape index (κ2) is 4.79. The largest absolute Gasteiger partial charge is 0.334 e. The smallest absolute Gasteiger partial charge is 0.318 e. The fourth-order valence-corrected chi connectivity index (χ4v) is 1.54. The van der Waals surface area contributed by atoms with Crippen LogP contribution in [0.2, 0.25) is 0 Å². The van der Waals surface area contributed by atoms with Crippen LogP contribution in [0.15, 0.2) is 36.4 Å². The van der Waals surface area contributed by atoms with Crippen LogP contribution < -0.4 is 5.32 Å². The van der Waals surface area contributed by atoms with E-state index < -0.39 is 0 Å². The second-order valence-corrected chi connectivity index (χ2v) is 3.66. The Balaban J connectivity index is 1.82. The zero-order valence-corrected chi connectivity index (χ0v) is 8.82. The predicted octanol–water partition coefficient (Wildman–Crippen LogP) is 1.91. The van der Waals surface area contributed by atoms with E-state index in [0.717, 1.165) is 5.56 Å². The third-order valence-corrected chi connectivity index (χ3v) is 2.46. The molecule has 2 rings (SSSR count). The normalized spacial score (nSPS) is 14.2. The molecule has 0 radical (unpaired) electrons. The SMILES string of the molecule is O=C(NCc1ccc(F)cc1)N1CC=CC1. The van der Waals surface area contributed by atoms with Crippen molar-refractivity contribution in [2.45, 2.75) is 6.54 Å². The third kappa shape index (κ3) is 2.59. The van der Waals surface area contributed by atoms with E-state index in [1.54, 1.807) is 17.0 Å². The van der Waals surface area contributed by atoms with E-state index in [0.29, 0.717) is 19.6 Å². The van der Waals surface area contributed by atoms with Gasteiger partial charge in [0.2, 0.25) is 0 Å². The van der Waals surface area contributed by atoms with Crippen LogP contribution >= 0.6 is 0 Å². The van der Waals surface area contributed by atoms with Crippen LogP contribution in [0.25, 0.3) is 0 Å². The van der Waals surface area contributed by atoms with Gasteiger partial charge in [0.25, 0.3) is 0 Å². The van der Waals surface area contributed by atoms with Crippen LogP contribution in [0.4, 0.5) is 9.18 Å². The molecule has 1 aliphatic heterocycles. The molecule has 84 valence electrons. The van der Waals surface area contributed by atoms with E-state index in [2.05, 4.69) is 5.32 Å². The Bertz CT molecular complexity index is 392. The summed E-state index contributed by atoms with van der Waals surface area (Å²) in [5, 5.41) is 2.78. The molecule has 0 atom stereocenters. The van der Waals surface area contributed by atoms with Gasteiger partial charge in [-0.25, -0.2) is 9.18 Å². The Hall–Kier alpha value is -1.84. The molecule has 16 heavy (non-hydrogen) atoms. The van der Waals surface area contributed by atoms with Gasteiger partial charge in [-0.15, -0.1) is 0 Å². The van der Waals surface area contributed by atoms with Crippen molar-refractivity contribution in [2.75, 3.05) is 13.1 Å². The number of urea groups is 1. The van der Waals surface area contributed by atoms with E-state index in [1.165, 1.54) is 12.1 Å². The summed E-state index contributed by atoms with van der Waals surface area (Å²) in [7, 11) is 0. The Morgan fingerprint density at radius 2 is 1.88 bits per heavy atom. The summed E-state index contributed by atoms with van der Waals surface area (Å²) in [6.45, 7) is 1.75. The molecule has 0 aromatic heterocycles. The number of halogens is 1. The van der Waals surface area contributed by atoms with Crippen molar-refractivity contribution in [2.24, 2.45) is 0 Å². The number of amides is 2. The number of carbonyl (C=O) groups is 1. The summed E-state index contributed by atoms with van der Waals surface area (Å²) in [6, 6.07) is 6.02. The minimum absolute atomic E-state index is 0.0886. The van der Waals surface area contributed by atoms with Crippen molar-refractivity contribution in [1.82, 2.24) is 10.2 Å². The summed E-state index contributed by atoms with van der Waals surface area (Å²) in [5.74, 6) is -0.265. The van der Waals surface area contributed by atoms with Gasteiger partial charge in [0.05, 0.1) is 0 Å². The first-order chi connectivity index (χ1) is 7.75. The summed E-state index contributed by atoms with van der Waals surface area (Å²) >= 11 is 0. The fraction of sp³-hybridized carbons (Fsp3) is 0.250. The van der Waals surface area contributed by atoms with Gasteiger partial charge in [-0.1, -0.05) is 24.3 Å². The molecule has 1 aromatic carbocycles. The molecule has 4 heteroatoms. The van der Waals surface area contributed by atoms with Crippen molar-refractivity contribution < 1.29 is 9.18 Å². The predicted molar refractivity (Wildman–Crippen MR) is 59.3 cm³/mol. The summed E-state index contributed by atoms with van der Waals surface area (Å²) < 4.78 is 12.6. The van der Waals surface area contributed by atoms with Crippen molar-refractivity contribution in [3.8, 4) is 0 Å². The minimum atomic E-state index is -0.265. The van der Waals surface area contributed by atoms with Gasteiger partial charge in [0.1, 0.15) is 5.82 Å². The molecule has 0 saturated carbocycles. The van der Waals surface area contributed by atoms with Crippen LogP contribution in [0.3, 0.4) is 0 Å². The molecule has 1 aromatic rings. The van der Waals surface area contributed by atoms with E-state index in [4.69, 9.17) is 0 Å². The van der Waals surface area contributed by atoms with Crippen molar-refractivity contribution in [1.29, 1.82) is 0 Å². The van der Waals surface area contributed by atoms with Crippen LogP contribution in [-0.4, -0.2) is 24.0 Å². The van der Waals surface area contributed by atoms with Crippen molar-refractivity contribution >= 4 is 6.03 Å². The number of nitrogens with one attached hydrogen (secondary N) is 1. The van der Waals surface area contributed by atoms with Gasteiger partial charge in [-0.05, 0) is 17.7 Å². The van der Waals surface area contributed by atoms with Crippen LogP contribution in [0.1, 0.15) is 5.56 Å². The molecule has 0 saturated heterocycles. The average molecular weight is 220 g/mol. The summed E-state index contributed by atoms with van der Waals surface area (Å²) in [4.78, 5) is 13.3. The molecule has 1 aliphatic rings. The number of carbonyl (C=O) groups excluding carboxylic acids is 1. The lowest BCUT2D eigenvalue weighted by Crippen LogP contribution is -2.37. The number of hydrogen-bond acceptors (Lipinski definition) is 1. The highest BCUT2D eigenvalue weighted by Crippen LogP contribution is 2.03. The molecular formula is C12H13FN2O. The Kier molecular flexibility index (Phi) is 3.19. The van der Waals surface area contributed by atoms with Gasteiger partial charge < -0.3 is 10.2 Å². The number of benzene rings is 1. The molecule has 0 unspecified atom stereocenters. The molecule has 0 bridgehead atoms. The topological polar surface area (TPSA) is 32.3 Å². The van der Waals surface area contributed by atoms with Gasteiger partial charge in [-0.3, -0.25) is 0 Å². The molecule has 0 aliphatic carbocycles. The molecule has 0 spiro atoms. The maximum absolute atomic E-state index is 12.6. The molecule has 1 heterocycles. The maximum atomic E-state index is 12.6. The average Bonchev–Trinajstić information content (AvgIpc) is 2.81. The summed E-state index contributed by atoms with van der Waals surface area (Å²) in [5.41, 5.74) is 0.891. The zero-order valence-electron chi connectivity index (χ0n) is 8.82. The van der Waals surface area contributed by atoms with Crippen LogP contribution in [0, 0.1) is 5.82 Å². The standard InChI is InChI=1S/C12H13FN2O/c13-11-5-3-10(4-6-11)9-14-12(16)15-7-1-2-8-15/h1-6H,7-9H2,(H,14,16). The number of rotatable bonds is 2. The number of nitrogens with zero attached hydrogens (tertiary/aromatic N) is 1. The molecule has 0 fully saturated rings. The Labute approximate surface area is 93.6 Å². The zero-order chi connectivity index (χ0) is 11.4. The lowest BCUT2D eigenvalue weighted by atomic mass is 10.2. The van der Waals surface area contributed by atoms with E-state index in [-0.39, 0.29) is 11.8 Å². The van der Waals surface area contributed by atoms with Gasteiger partial charge in [-0.2, -0.15) is 0 Å². The first kappa shape index (κ1) is 10.7. The fourth-order valence-electron chi connectivity index (χ4n) is 1.54. The summed E-state index contributed by atoms with van der Waals surface area (Å²) in [6.07, 6.45) is 3.91. The third-order valence-electron chi connectivity index (χ3n) is 2.46. The van der Waals surface area contributed by atoms with E-state index in [9.17, 15) is 9.18 Å². The minimum Gasteiger partial charge on any atom is -0.334 e. The molecule has 2 amide bonds. The van der Waals surface area contributed by atoms with Crippen LogP contribution in [-0.2, 0) is 6.54 Å². The van der Waals surface area contributed by atoms with E-state index >= 15 is 0 Å². The molecule has 3 nitrogen and oxygen atoms in total. The first-order valence-electron chi connectivity index (χ1n) is 5.18. The Morgan fingerprint density at radius 3 is 2.50 bits per heavy atom. The lowest BCUT2D eigenvalue weighted by Gasteiger charge is -2.16. The number of hydrogen-bond donors (Lipinski definition) is 1. The highest BCUT2D eigenvalue weighted by Gasteiger charge is 2.12. The second-order valence-electron chi connectivity index (χ2n) is 3.66. The van der Waals surface area contributed by atoms with Crippen LogP contribution in [0.5, 0.6) is 0 Å². The van der Waals surface area contributed by atoms with Gasteiger partial charge in [0, 0.05) is 19.6 Å². The first-order valence-corrected chi connectivity index (χ1v) is 5.18. The van der Waals surface area contributed by atoms with E-state index in [1.807, 2.05) is 12.2 Å². The van der Waals surface area contributed by atoms with Gasteiger partial charge >= 0.3 is 6.03 Å².